The number of aromatic nitrogens is 3. The van der Waals surface area contributed by atoms with Crippen LogP contribution in [0.3, 0.4) is 0 Å². The molecule has 10 nitrogen and oxygen atoms in total. The number of methoxy groups -OCH3 is 2. The van der Waals surface area contributed by atoms with Crippen molar-refractivity contribution in [3.63, 3.8) is 0 Å². The summed E-state index contributed by atoms with van der Waals surface area (Å²) in [6.45, 7) is 4.58. The monoisotopic (exact) mass is 439 g/mol. The molecule has 3 aromatic rings. The highest BCUT2D eigenvalue weighted by Gasteiger charge is 2.37. The molecule has 3 heterocycles. The third-order valence-electron chi connectivity index (χ3n) is 5.53. The number of imide groups is 1. The zero-order valence-corrected chi connectivity index (χ0v) is 18.5. The lowest BCUT2D eigenvalue weighted by atomic mass is 10.1. The second kappa shape index (κ2) is 8.74. The number of hydrogen-bond donors (Lipinski definition) is 0. The number of anilines is 1. The van der Waals surface area contributed by atoms with Crippen LogP contribution in [0.1, 0.15) is 22.6 Å². The molecule has 0 N–H and O–H groups in total. The first-order valence-corrected chi connectivity index (χ1v) is 10.2. The Morgan fingerprint density at radius 1 is 1.12 bits per heavy atom. The van der Waals surface area contributed by atoms with E-state index in [1.165, 1.54) is 16.0 Å². The van der Waals surface area contributed by atoms with Crippen LogP contribution in [0.15, 0.2) is 35.1 Å². The van der Waals surface area contributed by atoms with Crippen LogP contribution < -0.4 is 14.4 Å². The van der Waals surface area contributed by atoms with Crippen molar-refractivity contribution in [3.05, 3.63) is 53.2 Å². The van der Waals surface area contributed by atoms with Crippen molar-refractivity contribution in [1.29, 1.82) is 0 Å². The van der Waals surface area contributed by atoms with Gasteiger partial charge in [-0.15, -0.1) is 0 Å². The molecule has 0 radical (unpaired) electrons. The first-order chi connectivity index (χ1) is 15.4. The Hall–Kier alpha value is -3.82. The number of nitrogens with zero attached hydrogens (tertiary/aromatic N) is 5. The average molecular weight is 439 g/mol. The summed E-state index contributed by atoms with van der Waals surface area (Å²) in [5, 5.41) is 8.24. The summed E-state index contributed by atoms with van der Waals surface area (Å²) in [5.41, 5.74) is 3.14. The Balaban J connectivity index is 1.43. The minimum absolute atomic E-state index is 0.0289. The number of aryl methyl sites for hydroxylation is 2. The van der Waals surface area contributed by atoms with Gasteiger partial charge >= 0.3 is 6.03 Å². The van der Waals surface area contributed by atoms with Crippen LogP contribution in [-0.2, 0) is 17.8 Å². The highest BCUT2D eigenvalue weighted by atomic mass is 16.5. The van der Waals surface area contributed by atoms with Crippen LogP contribution in [-0.4, -0.2) is 59.1 Å². The van der Waals surface area contributed by atoms with Gasteiger partial charge in [-0.2, -0.15) is 5.10 Å². The maximum Gasteiger partial charge on any atom is 0.331 e. The van der Waals surface area contributed by atoms with E-state index in [1.54, 1.807) is 25.1 Å². The number of rotatable bonds is 8. The molecule has 32 heavy (non-hydrogen) atoms. The number of urea groups is 1. The van der Waals surface area contributed by atoms with E-state index in [0.717, 1.165) is 16.8 Å². The smallest absolute Gasteiger partial charge is 0.331 e. The van der Waals surface area contributed by atoms with Gasteiger partial charge in [-0.3, -0.25) is 9.48 Å². The van der Waals surface area contributed by atoms with E-state index in [9.17, 15) is 9.59 Å². The molecule has 2 aromatic heterocycles. The van der Waals surface area contributed by atoms with Gasteiger partial charge < -0.3 is 18.9 Å². The number of carbonyl (C=O) groups is 2. The third-order valence-corrected chi connectivity index (χ3v) is 5.53. The number of amides is 3. The van der Waals surface area contributed by atoms with E-state index in [0.29, 0.717) is 42.5 Å². The molecular formula is C22H25N5O5. The molecule has 10 heteroatoms. The number of ether oxygens (including phenoxy) is 2. The molecule has 1 saturated heterocycles. The van der Waals surface area contributed by atoms with Crippen LogP contribution in [0, 0.1) is 13.8 Å². The molecule has 3 amide bonds. The molecule has 1 aliphatic rings. The summed E-state index contributed by atoms with van der Waals surface area (Å²) >= 11 is 0. The highest BCUT2D eigenvalue weighted by molar-refractivity contribution is 6.19. The Bertz CT molecular complexity index is 1130. The van der Waals surface area contributed by atoms with E-state index >= 15 is 0 Å². The van der Waals surface area contributed by atoms with Gasteiger partial charge in [0.05, 0.1) is 38.3 Å². The van der Waals surface area contributed by atoms with E-state index in [-0.39, 0.29) is 18.5 Å². The molecule has 0 unspecified atom stereocenters. The van der Waals surface area contributed by atoms with Crippen molar-refractivity contribution < 1.29 is 23.6 Å². The number of hydrogen-bond acceptors (Lipinski definition) is 7. The molecular weight excluding hydrogens is 414 g/mol. The quantitative estimate of drug-likeness (QED) is 0.497. The SMILES string of the molecule is COc1ccc(CCN2CC(=O)N(c3cnn(Cc4c(C)noc4C)c3)C2=O)cc1OC. The lowest BCUT2D eigenvalue weighted by Gasteiger charge is -2.16. The predicted molar refractivity (Wildman–Crippen MR) is 115 cm³/mol. The maximum atomic E-state index is 12.9. The van der Waals surface area contributed by atoms with Crippen LogP contribution in [0.25, 0.3) is 0 Å². The molecule has 1 aliphatic heterocycles. The maximum absolute atomic E-state index is 12.9. The fraction of sp³-hybridized carbons (Fsp3) is 0.364. The summed E-state index contributed by atoms with van der Waals surface area (Å²) in [7, 11) is 3.16. The van der Waals surface area contributed by atoms with Gasteiger partial charge in [0.1, 0.15) is 12.3 Å². The molecule has 168 valence electrons. The van der Waals surface area contributed by atoms with Gasteiger partial charge in [-0.1, -0.05) is 11.2 Å². The second-order valence-electron chi connectivity index (χ2n) is 7.57. The van der Waals surface area contributed by atoms with Crippen molar-refractivity contribution in [3.8, 4) is 11.5 Å². The zero-order valence-electron chi connectivity index (χ0n) is 18.5. The molecule has 0 aliphatic carbocycles. The minimum Gasteiger partial charge on any atom is -0.493 e. The summed E-state index contributed by atoms with van der Waals surface area (Å²) < 4.78 is 17.4. The van der Waals surface area contributed by atoms with Crippen LogP contribution >= 0.6 is 0 Å². The number of carbonyl (C=O) groups excluding carboxylic acids is 2. The van der Waals surface area contributed by atoms with E-state index in [4.69, 9.17) is 14.0 Å². The van der Waals surface area contributed by atoms with Crippen molar-refractivity contribution in [1.82, 2.24) is 19.8 Å². The summed E-state index contributed by atoms with van der Waals surface area (Å²) in [5.74, 6) is 1.71. The van der Waals surface area contributed by atoms with E-state index in [2.05, 4.69) is 10.3 Å². The molecule has 0 atom stereocenters. The van der Waals surface area contributed by atoms with E-state index < -0.39 is 0 Å². The standard InChI is InChI=1S/C22H25N5O5/c1-14-18(15(2)32-24-14)12-26-11-17(10-23-26)27-21(28)13-25(22(27)29)8-7-16-5-6-19(30-3)20(9-16)31-4/h5-6,9-11H,7-8,12-13H2,1-4H3. The second-order valence-corrected chi connectivity index (χ2v) is 7.57. The lowest BCUT2D eigenvalue weighted by molar-refractivity contribution is -0.116. The van der Waals surface area contributed by atoms with Crippen LogP contribution in [0.2, 0.25) is 0 Å². The van der Waals surface area contributed by atoms with Crippen molar-refractivity contribution in [2.75, 3.05) is 32.2 Å². The number of benzene rings is 1. The molecule has 0 bridgehead atoms. The molecule has 1 aromatic carbocycles. The van der Waals surface area contributed by atoms with Gasteiger partial charge in [-0.25, -0.2) is 9.69 Å². The summed E-state index contributed by atoms with van der Waals surface area (Å²) in [6, 6.07) is 5.26. The molecule has 0 saturated carbocycles. The van der Waals surface area contributed by atoms with Crippen molar-refractivity contribution in [2.45, 2.75) is 26.8 Å². The Kier molecular flexibility index (Phi) is 5.85. The zero-order chi connectivity index (χ0) is 22.8. The predicted octanol–water partition coefficient (Wildman–Crippen LogP) is 2.56. The topological polar surface area (TPSA) is 103 Å². The van der Waals surface area contributed by atoms with Crippen LogP contribution in [0.4, 0.5) is 10.5 Å². The average Bonchev–Trinajstić information content (AvgIpc) is 3.45. The van der Waals surface area contributed by atoms with Crippen molar-refractivity contribution in [2.24, 2.45) is 0 Å². The van der Waals surface area contributed by atoms with E-state index in [1.807, 2.05) is 32.0 Å². The molecule has 0 spiro atoms. The molecule has 1 fully saturated rings. The highest BCUT2D eigenvalue weighted by Crippen LogP contribution is 2.28. The van der Waals surface area contributed by atoms with Gasteiger partial charge in [0.25, 0.3) is 5.91 Å². The summed E-state index contributed by atoms with van der Waals surface area (Å²) in [4.78, 5) is 28.2. The minimum atomic E-state index is -0.354. The van der Waals surface area contributed by atoms with Gasteiger partial charge in [-0.05, 0) is 38.0 Å². The van der Waals surface area contributed by atoms with Crippen LogP contribution in [0.5, 0.6) is 11.5 Å². The van der Waals surface area contributed by atoms with Gasteiger partial charge in [0.2, 0.25) is 0 Å². The first-order valence-electron chi connectivity index (χ1n) is 10.2. The fourth-order valence-corrected chi connectivity index (χ4v) is 3.72. The Morgan fingerprint density at radius 3 is 2.59 bits per heavy atom. The van der Waals surface area contributed by atoms with Gasteiger partial charge in [0, 0.05) is 18.3 Å². The molecule has 4 rings (SSSR count). The lowest BCUT2D eigenvalue weighted by Crippen LogP contribution is -2.33. The first kappa shape index (κ1) is 21.4. The fourth-order valence-electron chi connectivity index (χ4n) is 3.72. The normalized spacial score (nSPS) is 13.9. The Morgan fingerprint density at radius 2 is 1.91 bits per heavy atom. The van der Waals surface area contributed by atoms with Gasteiger partial charge in [0.15, 0.2) is 11.5 Å². The largest absolute Gasteiger partial charge is 0.493 e. The van der Waals surface area contributed by atoms with Crippen molar-refractivity contribution >= 4 is 17.6 Å². The Labute approximate surface area is 185 Å². The third kappa shape index (κ3) is 4.03. The summed E-state index contributed by atoms with van der Waals surface area (Å²) in [6.07, 6.45) is 3.78.